The van der Waals surface area contributed by atoms with Crippen LogP contribution in [0.25, 0.3) is 0 Å². The number of nitrogens with zero attached hydrogens (tertiary/aromatic N) is 1. The van der Waals surface area contributed by atoms with Gasteiger partial charge in [-0.05, 0) is 43.1 Å². The second-order valence-electron chi connectivity index (χ2n) is 5.17. The average Bonchev–Trinajstić information content (AvgIpc) is 2.42. The highest BCUT2D eigenvalue weighted by molar-refractivity contribution is 5.49. The van der Waals surface area contributed by atoms with Crippen LogP contribution >= 0.6 is 0 Å². The number of hydrogen-bond donors (Lipinski definition) is 1. The van der Waals surface area contributed by atoms with Crippen LogP contribution in [0.3, 0.4) is 0 Å². The highest BCUT2D eigenvalue weighted by atomic mass is 19.1. The molecule has 0 saturated carbocycles. The zero-order chi connectivity index (χ0) is 14.5. The maximum atomic E-state index is 14.1. The molecule has 0 fully saturated rings. The van der Waals surface area contributed by atoms with Gasteiger partial charge in [0.25, 0.3) is 0 Å². The Morgan fingerprint density at radius 1 is 1.05 bits per heavy atom. The van der Waals surface area contributed by atoms with Gasteiger partial charge in [-0.1, -0.05) is 35.9 Å². The lowest BCUT2D eigenvalue weighted by Gasteiger charge is -2.20. The number of anilines is 1. The highest BCUT2D eigenvalue weighted by Gasteiger charge is 2.09. The summed E-state index contributed by atoms with van der Waals surface area (Å²) < 4.78 is 14.1. The van der Waals surface area contributed by atoms with E-state index in [1.54, 1.807) is 6.07 Å². The van der Waals surface area contributed by atoms with E-state index in [2.05, 4.69) is 31.2 Å². The fourth-order valence-corrected chi connectivity index (χ4v) is 2.23. The Balaban J connectivity index is 2.12. The number of rotatable bonds is 5. The first-order valence-electron chi connectivity index (χ1n) is 6.85. The normalized spacial score (nSPS) is 10.6. The average molecular weight is 272 g/mol. The molecule has 2 aromatic carbocycles. The van der Waals surface area contributed by atoms with Gasteiger partial charge < -0.3 is 10.6 Å². The second-order valence-corrected chi connectivity index (χ2v) is 5.17. The molecule has 0 aliphatic heterocycles. The maximum Gasteiger partial charge on any atom is 0.146 e. The zero-order valence-electron chi connectivity index (χ0n) is 12.1. The first-order chi connectivity index (χ1) is 9.60. The molecular weight excluding hydrogens is 251 g/mol. The molecule has 2 N–H and O–H groups in total. The Morgan fingerprint density at radius 2 is 1.70 bits per heavy atom. The Morgan fingerprint density at radius 3 is 2.30 bits per heavy atom. The molecule has 0 heterocycles. The van der Waals surface area contributed by atoms with Crippen LogP contribution in [0.5, 0.6) is 0 Å². The number of halogens is 1. The van der Waals surface area contributed by atoms with Crippen molar-refractivity contribution in [2.24, 2.45) is 5.73 Å². The number of hydrogen-bond acceptors (Lipinski definition) is 2. The van der Waals surface area contributed by atoms with Crippen LogP contribution in [-0.4, -0.2) is 13.6 Å². The number of aryl methyl sites for hydroxylation is 1. The highest BCUT2D eigenvalue weighted by Crippen LogP contribution is 2.21. The molecule has 0 aliphatic rings. The van der Waals surface area contributed by atoms with Crippen LogP contribution in [0.1, 0.15) is 16.7 Å². The van der Waals surface area contributed by atoms with Crippen LogP contribution in [0, 0.1) is 12.7 Å². The molecule has 0 radical (unpaired) electrons. The van der Waals surface area contributed by atoms with Crippen molar-refractivity contribution in [3.8, 4) is 0 Å². The maximum absolute atomic E-state index is 14.1. The third-order valence-corrected chi connectivity index (χ3v) is 3.40. The van der Waals surface area contributed by atoms with Gasteiger partial charge in [0, 0.05) is 13.6 Å². The summed E-state index contributed by atoms with van der Waals surface area (Å²) in [5.41, 5.74) is 9.45. The lowest BCUT2D eigenvalue weighted by molar-refractivity contribution is 0.620. The van der Waals surface area contributed by atoms with Crippen molar-refractivity contribution in [1.82, 2.24) is 0 Å². The topological polar surface area (TPSA) is 29.3 Å². The van der Waals surface area contributed by atoms with Gasteiger partial charge in [-0.25, -0.2) is 4.39 Å². The summed E-state index contributed by atoms with van der Waals surface area (Å²) in [5.74, 6) is -0.189. The summed E-state index contributed by atoms with van der Waals surface area (Å²) >= 11 is 0. The molecule has 0 amide bonds. The van der Waals surface area contributed by atoms with Gasteiger partial charge in [0.15, 0.2) is 0 Å². The minimum atomic E-state index is -0.189. The Labute approximate surface area is 120 Å². The van der Waals surface area contributed by atoms with Gasteiger partial charge in [0.05, 0.1) is 5.69 Å². The molecule has 0 saturated heterocycles. The molecule has 20 heavy (non-hydrogen) atoms. The summed E-state index contributed by atoms with van der Waals surface area (Å²) in [6.45, 7) is 3.29. The Hall–Kier alpha value is -1.87. The van der Waals surface area contributed by atoms with Crippen LogP contribution in [0.4, 0.5) is 10.1 Å². The van der Waals surface area contributed by atoms with E-state index >= 15 is 0 Å². The summed E-state index contributed by atoms with van der Waals surface area (Å²) in [7, 11) is 1.90. The Bertz CT molecular complexity index is 564. The van der Waals surface area contributed by atoms with E-state index in [1.807, 2.05) is 24.1 Å². The van der Waals surface area contributed by atoms with E-state index < -0.39 is 0 Å². The minimum Gasteiger partial charge on any atom is -0.368 e. The van der Waals surface area contributed by atoms with Crippen molar-refractivity contribution in [3.63, 3.8) is 0 Å². The van der Waals surface area contributed by atoms with Gasteiger partial charge in [-0.15, -0.1) is 0 Å². The minimum absolute atomic E-state index is 0.189. The van der Waals surface area contributed by atoms with Crippen molar-refractivity contribution in [3.05, 3.63) is 65.0 Å². The van der Waals surface area contributed by atoms with E-state index in [0.717, 1.165) is 5.56 Å². The molecule has 2 nitrogen and oxygen atoms in total. The molecule has 0 unspecified atom stereocenters. The van der Waals surface area contributed by atoms with Gasteiger partial charge in [0.1, 0.15) is 5.82 Å². The summed E-state index contributed by atoms with van der Waals surface area (Å²) in [5, 5.41) is 0. The second kappa shape index (κ2) is 6.53. The SMILES string of the molecule is Cc1ccc(CN(C)c2ccc(CCN)cc2F)cc1. The van der Waals surface area contributed by atoms with Gasteiger partial charge in [0.2, 0.25) is 0 Å². The van der Waals surface area contributed by atoms with Crippen molar-refractivity contribution in [2.45, 2.75) is 19.9 Å². The molecule has 0 atom stereocenters. The molecule has 0 aromatic heterocycles. The molecule has 0 spiro atoms. The zero-order valence-corrected chi connectivity index (χ0v) is 12.1. The van der Waals surface area contributed by atoms with Crippen LogP contribution in [0.15, 0.2) is 42.5 Å². The molecule has 2 aromatic rings. The van der Waals surface area contributed by atoms with E-state index in [0.29, 0.717) is 25.2 Å². The molecule has 0 aliphatic carbocycles. The van der Waals surface area contributed by atoms with E-state index in [-0.39, 0.29) is 5.82 Å². The van der Waals surface area contributed by atoms with E-state index in [9.17, 15) is 4.39 Å². The van der Waals surface area contributed by atoms with E-state index in [1.165, 1.54) is 11.1 Å². The molecule has 0 bridgehead atoms. The number of nitrogens with two attached hydrogens (primary N) is 1. The molecule has 2 rings (SSSR count). The predicted molar refractivity (Wildman–Crippen MR) is 82.4 cm³/mol. The van der Waals surface area contributed by atoms with Crippen LogP contribution in [0.2, 0.25) is 0 Å². The monoisotopic (exact) mass is 272 g/mol. The summed E-state index contributed by atoms with van der Waals surface area (Å²) in [6.07, 6.45) is 0.707. The number of benzene rings is 2. The third-order valence-electron chi connectivity index (χ3n) is 3.40. The molecular formula is C17H21FN2. The quantitative estimate of drug-likeness (QED) is 0.905. The van der Waals surface area contributed by atoms with Crippen LogP contribution in [-0.2, 0) is 13.0 Å². The smallest absolute Gasteiger partial charge is 0.146 e. The lowest BCUT2D eigenvalue weighted by atomic mass is 10.1. The van der Waals surface area contributed by atoms with Gasteiger partial charge >= 0.3 is 0 Å². The van der Waals surface area contributed by atoms with Crippen molar-refractivity contribution < 1.29 is 4.39 Å². The summed E-state index contributed by atoms with van der Waals surface area (Å²) in [6, 6.07) is 13.6. The first-order valence-corrected chi connectivity index (χ1v) is 6.85. The fraction of sp³-hybridized carbons (Fsp3) is 0.294. The van der Waals surface area contributed by atoms with E-state index in [4.69, 9.17) is 5.73 Å². The standard InChI is InChI=1S/C17H21FN2/c1-13-3-5-15(6-4-13)12-20(2)17-8-7-14(9-10-19)11-16(17)18/h3-8,11H,9-10,12,19H2,1-2H3. The first kappa shape index (κ1) is 14.5. The van der Waals surface area contributed by atoms with Crippen molar-refractivity contribution >= 4 is 5.69 Å². The van der Waals surface area contributed by atoms with Crippen LogP contribution < -0.4 is 10.6 Å². The largest absolute Gasteiger partial charge is 0.368 e. The van der Waals surface area contributed by atoms with Crippen molar-refractivity contribution in [1.29, 1.82) is 0 Å². The molecule has 106 valence electrons. The summed E-state index contributed by atoms with van der Waals surface area (Å²) in [4.78, 5) is 1.92. The lowest BCUT2D eigenvalue weighted by Crippen LogP contribution is -2.18. The predicted octanol–water partition coefficient (Wildman–Crippen LogP) is 3.27. The van der Waals surface area contributed by atoms with Crippen molar-refractivity contribution in [2.75, 3.05) is 18.5 Å². The molecule has 3 heteroatoms. The fourth-order valence-electron chi connectivity index (χ4n) is 2.23. The Kier molecular flexibility index (Phi) is 4.74. The van der Waals surface area contributed by atoms with Gasteiger partial charge in [-0.3, -0.25) is 0 Å². The third kappa shape index (κ3) is 3.58. The van der Waals surface area contributed by atoms with Gasteiger partial charge in [-0.2, -0.15) is 0 Å².